The Morgan fingerprint density at radius 2 is 2.12 bits per heavy atom. The smallest absolute Gasteiger partial charge is 0.255 e. The van der Waals surface area contributed by atoms with Crippen molar-refractivity contribution in [2.24, 2.45) is 0 Å². The third-order valence-electron chi connectivity index (χ3n) is 3.92. The van der Waals surface area contributed by atoms with Crippen LogP contribution in [0.2, 0.25) is 0 Å². The van der Waals surface area contributed by atoms with Crippen LogP contribution < -0.4 is 10.6 Å². The molecule has 1 fully saturated rings. The summed E-state index contributed by atoms with van der Waals surface area (Å²) in [4.78, 5) is 25.9. The molecule has 0 aliphatic carbocycles. The van der Waals surface area contributed by atoms with Crippen molar-refractivity contribution in [1.82, 2.24) is 10.2 Å². The van der Waals surface area contributed by atoms with Crippen molar-refractivity contribution in [3.8, 4) is 5.75 Å². The maximum Gasteiger partial charge on any atom is 0.255 e. The summed E-state index contributed by atoms with van der Waals surface area (Å²) >= 11 is 0. The summed E-state index contributed by atoms with van der Waals surface area (Å²) in [5.41, 5.74) is 0.537. The minimum Gasteiger partial charge on any atom is -0.507 e. The number of phenolic OH excluding ortho intramolecular Hbond substituents is 1. The Labute approximate surface area is 141 Å². The first kappa shape index (κ1) is 18.0. The van der Waals surface area contributed by atoms with Gasteiger partial charge in [-0.15, -0.1) is 0 Å². The Bertz CT molecular complexity index is 612. The summed E-state index contributed by atoms with van der Waals surface area (Å²) in [6, 6.07) is 4.50. The minimum atomic E-state index is -0.387. The molecule has 7 heteroatoms. The molecule has 1 heterocycles. The van der Waals surface area contributed by atoms with E-state index in [9.17, 15) is 14.7 Å². The third kappa shape index (κ3) is 4.81. The van der Waals surface area contributed by atoms with Crippen LogP contribution in [0.25, 0.3) is 0 Å². The first-order chi connectivity index (χ1) is 11.5. The standard InChI is InChI=1S/C17H23N3O4/c1-3-16(22)19-13-4-5-15(21)14(10-13)17(23)18-11-12(2)20-6-8-24-9-7-20/h3-5,10,12,21H,1,6-9,11H2,2H3,(H,18,23)(H,19,22). The van der Waals surface area contributed by atoms with Gasteiger partial charge in [0.1, 0.15) is 5.75 Å². The molecular formula is C17H23N3O4. The molecule has 0 spiro atoms. The largest absolute Gasteiger partial charge is 0.507 e. The van der Waals surface area contributed by atoms with E-state index < -0.39 is 0 Å². The third-order valence-corrected chi connectivity index (χ3v) is 3.92. The number of nitrogens with zero attached hydrogens (tertiary/aromatic N) is 1. The lowest BCUT2D eigenvalue weighted by molar-refractivity contribution is -0.111. The van der Waals surface area contributed by atoms with Gasteiger partial charge in [-0.3, -0.25) is 14.5 Å². The Morgan fingerprint density at radius 3 is 2.79 bits per heavy atom. The number of aromatic hydroxyl groups is 1. The lowest BCUT2D eigenvalue weighted by Crippen LogP contribution is -2.47. The van der Waals surface area contributed by atoms with E-state index in [1.54, 1.807) is 0 Å². The number of rotatable bonds is 6. The van der Waals surface area contributed by atoms with Crippen LogP contribution in [-0.2, 0) is 9.53 Å². The number of carbonyl (C=O) groups excluding carboxylic acids is 2. The number of morpholine rings is 1. The summed E-state index contributed by atoms with van der Waals surface area (Å²) < 4.78 is 5.31. The zero-order chi connectivity index (χ0) is 17.5. The molecule has 1 atom stereocenters. The first-order valence-electron chi connectivity index (χ1n) is 7.87. The Morgan fingerprint density at radius 1 is 1.42 bits per heavy atom. The van der Waals surface area contributed by atoms with Crippen LogP contribution in [0.5, 0.6) is 5.75 Å². The van der Waals surface area contributed by atoms with Crippen molar-refractivity contribution >= 4 is 17.5 Å². The monoisotopic (exact) mass is 333 g/mol. The quantitative estimate of drug-likeness (QED) is 0.533. The Hall–Kier alpha value is -2.38. The number of phenols is 1. The molecule has 3 N–H and O–H groups in total. The van der Waals surface area contributed by atoms with E-state index in [4.69, 9.17) is 4.74 Å². The SMILES string of the molecule is C=CC(=O)Nc1ccc(O)c(C(=O)NCC(C)N2CCOCC2)c1. The molecule has 1 aromatic carbocycles. The summed E-state index contributed by atoms with van der Waals surface area (Å²) in [6.07, 6.45) is 1.14. The Kier molecular flexibility index (Phi) is 6.34. The average molecular weight is 333 g/mol. The summed E-state index contributed by atoms with van der Waals surface area (Å²) in [5, 5.41) is 15.3. The molecule has 1 aliphatic heterocycles. The number of anilines is 1. The van der Waals surface area contributed by atoms with Gasteiger partial charge >= 0.3 is 0 Å². The highest BCUT2D eigenvalue weighted by Gasteiger charge is 2.19. The predicted octanol–water partition coefficient (Wildman–Crippen LogP) is 0.967. The molecule has 24 heavy (non-hydrogen) atoms. The van der Waals surface area contributed by atoms with Gasteiger partial charge in [0.15, 0.2) is 0 Å². The fourth-order valence-electron chi connectivity index (χ4n) is 2.47. The maximum absolute atomic E-state index is 12.3. The highest BCUT2D eigenvalue weighted by molar-refractivity contribution is 6.01. The summed E-state index contributed by atoms with van der Waals surface area (Å²) in [7, 11) is 0. The van der Waals surface area contributed by atoms with Crippen LogP contribution in [0.4, 0.5) is 5.69 Å². The van der Waals surface area contributed by atoms with Gasteiger partial charge in [0.25, 0.3) is 5.91 Å². The second-order valence-corrected chi connectivity index (χ2v) is 5.63. The van der Waals surface area contributed by atoms with Crippen LogP contribution in [-0.4, -0.2) is 60.7 Å². The van der Waals surface area contributed by atoms with Crippen LogP contribution in [0.1, 0.15) is 17.3 Å². The average Bonchev–Trinajstić information content (AvgIpc) is 2.61. The molecule has 0 aromatic heterocycles. The molecule has 2 amide bonds. The van der Waals surface area contributed by atoms with E-state index in [0.717, 1.165) is 19.2 Å². The van der Waals surface area contributed by atoms with E-state index in [2.05, 4.69) is 22.1 Å². The van der Waals surface area contributed by atoms with E-state index in [-0.39, 0.29) is 29.2 Å². The molecule has 0 radical (unpaired) electrons. The van der Waals surface area contributed by atoms with E-state index in [0.29, 0.717) is 25.4 Å². The molecule has 7 nitrogen and oxygen atoms in total. The van der Waals surface area contributed by atoms with Crippen molar-refractivity contribution in [3.05, 3.63) is 36.4 Å². The highest BCUT2D eigenvalue weighted by Crippen LogP contribution is 2.21. The van der Waals surface area contributed by atoms with Crippen LogP contribution in [0.15, 0.2) is 30.9 Å². The Balaban J connectivity index is 1.96. The highest BCUT2D eigenvalue weighted by atomic mass is 16.5. The summed E-state index contributed by atoms with van der Waals surface area (Å²) in [6.45, 7) is 8.94. The van der Waals surface area contributed by atoms with Gasteiger partial charge in [0.2, 0.25) is 5.91 Å². The van der Waals surface area contributed by atoms with Crippen molar-refractivity contribution in [2.75, 3.05) is 38.2 Å². The van der Waals surface area contributed by atoms with Gasteiger partial charge < -0.3 is 20.5 Å². The van der Waals surface area contributed by atoms with Crippen LogP contribution in [0, 0.1) is 0 Å². The van der Waals surface area contributed by atoms with E-state index in [1.807, 2.05) is 6.92 Å². The number of hydrogen-bond acceptors (Lipinski definition) is 5. The molecule has 1 saturated heterocycles. The number of nitrogens with one attached hydrogen (secondary N) is 2. The lowest BCUT2D eigenvalue weighted by Gasteiger charge is -2.32. The maximum atomic E-state index is 12.3. The van der Waals surface area contributed by atoms with Crippen molar-refractivity contribution in [3.63, 3.8) is 0 Å². The molecule has 1 unspecified atom stereocenters. The fraction of sp³-hybridized carbons (Fsp3) is 0.412. The number of amides is 2. The van der Waals surface area contributed by atoms with Crippen LogP contribution in [0.3, 0.4) is 0 Å². The zero-order valence-electron chi connectivity index (χ0n) is 13.7. The first-order valence-corrected chi connectivity index (χ1v) is 7.87. The van der Waals surface area contributed by atoms with Gasteiger partial charge in [0.05, 0.1) is 18.8 Å². The normalized spacial score (nSPS) is 16.2. The summed E-state index contributed by atoms with van der Waals surface area (Å²) in [5.74, 6) is -0.904. The molecule has 130 valence electrons. The molecule has 2 rings (SSSR count). The predicted molar refractivity (Wildman–Crippen MR) is 91.1 cm³/mol. The number of carbonyl (C=O) groups is 2. The number of ether oxygens (including phenoxy) is 1. The second-order valence-electron chi connectivity index (χ2n) is 5.63. The van der Waals surface area contributed by atoms with Crippen molar-refractivity contribution in [1.29, 1.82) is 0 Å². The molecule has 1 aromatic rings. The molecule has 0 saturated carbocycles. The van der Waals surface area contributed by atoms with E-state index in [1.165, 1.54) is 18.2 Å². The van der Waals surface area contributed by atoms with E-state index >= 15 is 0 Å². The van der Waals surface area contributed by atoms with Gasteiger partial charge in [-0.2, -0.15) is 0 Å². The fourth-order valence-corrected chi connectivity index (χ4v) is 2.47. The molecular weight excluding hydrogens is 310 g/mol. The minimum absolute atomic E-state index is 0.117. The zero-order valence-corrected chi connectivity index (χ0v) is 13.7. The van der Waals surface area contributed by atoms with Gasteiger partial charge in [0, 0.05) is 31.4 Å². The van der Waals surface area contributed by atoms with Crippen LogP contribution >= 0.6 is 0 Å². The van der Waals surface area contributed by atoms with Crippen molar-refractivity contribution in [2.45, 2.75) is 13.0 Å². The van der Waals surface area contributed by atoms with Gasteiger partial charge in [-0.25, -0.2) is 0 Å². The topological polar surface area (TPSA) is 90.9 Å². The second kappa shape index (κ2) is 8.47. The number of hydrogen-bond donors (Lipinski definition) is 3. The lowest BCUT2D eigenvalue weighted by atomic mass is 10.1. The molecule has 0 bridgehead atoms. The van der Waals surface area contributed by atoms with Crippen molar-refractivity contribution < 1.29 is 19.4 Å². The molecule has 1 aliphatic rings. The van der Waals surface area contributed by atoms with Gasteiger partial charge in [-0.05, 0) is 31.2 Å². The van der Waals surface area contributed by atoms with Gasteiger partial charge in [-0.1, -0.05) is 6.58 Å². The number of benzene rings is 1.